The van der Waals surface area contributed by atoms with Crippen LogP contribution in [0, 0.1) is 17.5 Å². The number of benzene rings is 2. The van der Waals surface area contributed by atoms with Crippen molar-refractivity contribution in [2.24, 2.45) is 0 Å². The molecule has 0 saturated carbocycles. The predicted octanol–water partition coefficient (Wildman–Crippen LogP) is 3.15. The number of nitrogens with one attached hydrogen (secondary N) is 2. The molecule has 0 radical (unpaired) electrons. The number of nitrogens with zero attached hydrogens (tertiary/aromatic N) is 4. The number of carbonyl (C=O) groups excluding carboxylic acids is 2. The number of carbonyl (C=O) groups is 2. The summed E-state index contributed by atoms with van der Waals surface area (Å²) in [6, 6.07) is 7.68. The summed E-state index contributed by atoms with van der Waals surface area (Å²) in [7, 11) is 0. The summed E-state index contributed by atoms with van der Waals surface area (Å²) in [5, 5.41) is 12.0. The molecular formula is C21H19F3N6O3. The Balaban J connectivity index is 1.36. The first-order valence-corrected chi connectivity index (χ1v) is 9.97. The fourth-order valence-electron chi connectivity index (χ4n) is 3.32. The Morgan fingerprint density at radius 2 is 1.61 bits per heavy atom. The molecule has 1 fully saturated rings. The van der Waals surface area contributed by atoms with Gasteiger partial charge in [-0.15, -0.1) is 5.10 Å². The van der Waals surface area contributed by atoms with Gasteiger partial charge in [-0.05, 0) is 24.3 Å². The third-order valence-electron chi connectivity index (χ3n) is 5.09. The van der Waals surface area contributed by atoms with Crippen LogP contribution in [0.15, 0.2) is 40.8 Å². The Kier molecular flexibility index (Phi) is 6.16. The van der Waals surface area contributed by atoms with Crippen LogP contribution in [0.25, 0.3) is 0 Å². The van der Waals surface area contributed by atoms with Gasteiger partial charge < -0.3 is 24.9 Å². The second-order valence-electron chi connectivity index (χ2n) is 7.28. The average molecular weight is 460 g/mol. The van der Waals surface area contributed by atoms with Crippen LogP contribution in [0.2, 0.25) is 0 Å². The normalized spacial score (nSPS) is 13.7. The lowest BCUT2D eigenvalue weighted by Gasteiger charge is -2.35. The first-order valence-electron chi connectivity index (χ1n) is 9.97. The van der Waals surface area contributed by atoms with Gasteiger partial charge in [0.1, 0.15) is 5.82 Å². The number of amides is 2. The Hall–Kier alpha value is -4.09. The zero-order valence-corrected chi connectivity index (χ0v) is 17.4. The molecule has 2 amide bonds. The Labute approximate surface area is 186 Å². The van der Waals surface area contributed by atoms with Crippen molar-refractivity contribution in [1.29, 1.82) is 0 Å². The molecule has 172 valence electrons. The maximum Gasteiger partial charge on any atom is 0.320 e. The van der Waals surface area contributed by atoms with Gasteiger partial charge in [-0.2, -0.15) is 0 Å². The first kappa shape index (κ1) is 22.1. The van der Waals surface area contributed by atoms with Gasteiger partial charge in [-0.1, -0.05) is 5.10 Å². The zero-order valence-electron chi connectivity index (χ0n) is 17.4. The SMILES string of the molecule is CC(=O)N1CCN(c2ccc(NC(=O)c3nnc(Nc4cc(F)c(F)cc4F)o3)cc2)CC1. The van der Waals surface area contributed by atoms with E-state index in [2.05, 4.69) is 25.7 Å². The second-order valence-corrected chi connectivity index (χ2v) is 7.28. The van der Waals surface area contributed by atoms with E-state index >= 15 is 0 Å². The number of piperazine rings is 1. The van der Waals surface area contributed by atoms with Gasteiger partial charge in [-0.25, -0.2) is 13.2 Å². The first-order chi connectivity index (χ1) is 15.8. The maximum atomic E-state index is 13.7. The lowest BCUT2D eigenvalue weighted by atomic mass is 10.2. The monoisotopic (exact) mass is 460 g/mol. The van der Waals surface area contributed by atoms with E-state index < -0.39 is 34.9 Å². The minimum atomic E-state index is -1.34. The molecule has 9 nitrogen and oxygen atoms in total. The zero-order chi connectivity index (χ0) is 23.5. The largest absolute Gasteiger partial charge is 0.399 e. The molecule has 12 heteroatoms. The van der Waals surface area contributed by atoms with Crippen LogP contribution in [-0.4, -0.2) is 53.1 Å². The molecule has 0 atom stereocenters. The van der Waals surface area contributed by atoms with Gasteiger partial charge in [0, 0.05) is 56.6 Å². The molecule has 4 rings (SSSR count). The minimum Gasteiger partial charge on any atom is -0.399 e. The standard InChI is InChI=1S/C21H19F3N6O3/c1-12(31)29-6-8-30(9-7-29)14-4-2-13(3-5-14)25-19(32)20-27-28-21(33-20)26-18-11-16(23)15(22)10-17(18)24/h2-5,10-11H,6-9H2,1H3,(H,25,32)(H,26,28). The quantitative estimate of drug-likeness (QED) is 0.564. The van der Waals surface area contributed by atoms with Crippen molar-refractivity contribution in [3.8, 4) is 0 Å². The predicted molar refractivity (Wildman–Crippen MR) is 113 cm³/mol. The minimum absolute atomic E-state index is 0.0575. The molecule has 3 aromatic rings. The highest BCUT2D eigenvalue weighted by molar-refractivity contribution is 6.01. The van der Waals surface area contributed by atoms with E-state index in [1.807, 2.05) is 12.1 Å². The summed E-state index contributed by atoms with van der Waals surface area (Å²) in [6.45, 7) is 4.27. The summed E-state index contributed by atoms with van der Waals surface area (Å²) in [5.41, 5.74) is 1.00. The van der Waals surface area contributed by atoms with E-state index in [-0.39, 0.29) is 11.9 Å². The highest BCUT2D eigenvalue weighted by atomic mass is 19.2. The average Bonchev–Trinajstić information content (AvgIpc) is 3.27. The van der Waals surface area contributed by atoms with E-state index in [0.717, 1.165) is 5.69 Å². The van der Waals surface area contributed by atoms with Gasteiger partial charge in [0.05, 0.1) is 5.69 Å². The molecule has 0 unspecified atom stereocenters. The summed E-state index contributed by atoms with van der Waals surface area (Å²) < 4.78 is 45.2. The van der Waals surface area contributed by atoms with Crippen molar-refractivity contribution >= 4 is 34.9 Å². The summed E-state index contributed by atoms with van der Waals surface area (Å²) in [6.07, 6.45) is 0. The molecule has 0 spiro atoms. The highest BCUT2D eigenvalue weighted by Gasteiger charge is 2.20. The summed E-state index contributed by atoms with van der Waals surface area (Å²) in [4.78, 5) is 27.7. The van der Waals surface area contributed by atoms with E-state index in [0.29, 0.717) is 44.0 Å². The van der Waals surface area contributed by atoms with Crippen molar-refractivity contribution in [3.63, 3.8) is 0 Å². The van der Waals surface area contributed by atoms with Gasteiger partial charge in [-0.3, -0.25) is 9.59 Å². The summed E-state index contributed by atoms with van der Waals surface area (Å²) in [5.74, 6) is -4.73. The molecule has 2 heterocycles. The van der Waals surface area contributed by atoms with Crippen LogP contribution in [-0.2, 0) is 4.79 Å². The van der Waals surface area contributed by atoms with Gasteiger partial charge in [0.25, 0.3) is 0 Å². The van der Waals surface area contributed by atoms with Crippen molar-refractivity contribution in [3.05, 3.63) is 59.7 Å². The van der Waals surface area contributed by atoms with Crippen LogP contribution >= 0.6 is 0 Å². The van der Waals surface area contributed by atoms with E-state index in [4.69, 9.17) is 4.42 Å². The fourth-order valence-corrected chi connectivity index (χ4v) is 3.32. The maximum absolute atomic E-state index is 13.7. The van der Waals surface area contributed by atoms with Gasteiger partial charge in [0.15, 0.2) is 11.6 Å². The molecule has 33 heavy (non-hydrogen) atoms. The molecule has 1 aromatic heterocycles. The van der Waals surface area contributed by atoms with Crippen LogP contribution < -0.4 is 15.5 Å². The number of aromatic nitrogens is 2. The molecule has 1 saturated heterocycles. The molecular weight excluding hydrogens is 441 g/mol. The third kappa shape index (κ3) is 5.05. The smallest absolute Gasteiger partial charge is 0.320 e. The lowest BCUT2D eigenvalue weighted by Crippen LogP contribution is -2.48. The van der Waals surface area contributed by atoms with E-state index in [1.54, 1.807) is 24.0 Å². The molecule has 0 aliphatic carbocycles. The van der Waals surface area contributed by atoms with E-state index in [9.17, 15) is 22.8 Å². The van der Waals surface area contributed by atoms with Crippen LogP contribution in [0.3, 0.4) is 0 Å². The molecule has 2 aromatic carbocycles. The van der Waals surface area contributed by atoms with Crippen molar-refractivity contribution in [1.82, 2.24) is 15.1 Å². The van der Waals surface area contributed by atoms with Crippen LogP contribution in [0.5, 0.6) is 0 Å². The lowest BCUT2D eigenvalue weighted by molar-refractivity contribution is -0.129. The highest BCUT2D eigenvalue weighted by Crippen LogP contribution is 2.23. The van der Waals surface area contributed by atoms with Crippen molar-refractivity contribution in [2.75, 3.05) is 41.7 Å². The number of hydrogen-bond acceptors (Lipinski definition) is 7. The third-order valence-corrected chi connectivity index (χ3v) is 5.09. The van der Waals surface area contributed by atoms with Crippen LogP contribution in [0.4, 0.5) is 36.2 Å². The second kappa shape index (κ2) is 9.18. The number of hydrogen-bond donors (Lipinski definition) is 2. The molecule has 2 N–H and O–H groups in total. The molecule has 0 bridgehead atoms. The van der Waals surface area contributed by atoms with E-state index in [1.165, 1.54) is 0 Å². The van der Waals surface area contributed by atoms with Crippen LogP contribution in [0.1, 0.15) is 17.6 Å². The number of halogens is 3. The van der Waals surface area contributed by atoms with Gasteiger partial charge >= 0.3 is 17.8 Å². The number of rotatable bonds is 5. The topological polar surface area (TPSA) is 104 Å². The summed E-state index contributed by atoms with van der Waals surface area (Å²) >= 11 is 0. The van der Waals surface area contributed by atoms with Crippen molar-refractivity contribution in [2.45, 2.75) is 6.92 Å². The Morgan fingerprint density at radius 1 is 0.939 bits per heavy atom. The van der Waals surface area contributed by atoms with Gasteiger partial charge in [0.2, 0.25) is 5.91 Å². The molecule has 1 aliphatic heterocycles. The van der Waals surface area contributed by atoms with Crippen molar-refractivity contribution < 1.29 is 27.2 Å². The Morgan fingerprint density at radius 3 is 2.27 bits per heavy atom. The molecule has 1 aliphatic rings. The number of anilines is 4. The Bertz CT molecular complexity index is 1180. The fraction of sp³-hybridized carbons (Fsp3) is 0.238.